The van der Waals surface area contributed by atoms with Crippen LogP contribution in [-0.4, -0.2) is 44.3 Å². The fourth-order valence-electron chi connectivity index (χ4n) is 1.93. The molecule has 0 atom stereocenters. The Morgan fingerprint density at radius 1 is 1.08 bits per heavy atom. The average Bonchev–Trinajstić information content (AvgIpc) is 2.56. The third kappa shape index (κ3) is 5.48. The number of nitrogens with zero attached hydrogens (tertiary/aromatic N) is 1. The fraction of sp³-hybridized carbons (Fsp3) is 0.176. The zero-order chi connectivity index (χ0) is 19.3. The number of thioether (sulfide) groups is 1. The number of sulfone groups is 1. The van der Waals surface area contributed by atoms with Crippen molar-refractivity contribution in [3.63, 3.8) is 0 Å². The number of halogens is 1. The van der Waals surface area contributed by atoms with Crippen molar-refractivity contribution in [1.29, 1.82) is 0 Å². The highest BCUT2D eigenvalue weighted by Crippen LogP contribution is 2.28. The minimum absolute atomic E-state index is 0.0162. The van der Waals surface area contributed by atoms with E-state index in [9.17, 15) is 18.0 Å². The quantitative estimate of drug-likeness (QED) is 0.759. The molecule has 138 valence electrons. The van der Waals surface area contributed by atoms with Gasteiger partial charge in [0, 0.05) is 24.0 Å². The van der Waals surface area contributed by atoms with Gasteiger partial charge in [-0.1, -0.05) is 23.7 Å². The van der Waals surface area contributed by atoms with Gasteiger partial charge in [0.1, 0.15) is 5.75 Å². The summed E-state index contributed by atoms with van der Waals surface area (Å²) in [6, 6.07) is 12.3. The van der Waals surface area contributed by atoms with Crippen molar-refractivity contribution in [2.45, 2.75) is 9.79 Å². The predicted octanol–water partition coefficient (Wildman–Crippen LogP) is 3.53. The van der Waals surface area contributed by atoms with Crippen molar-refractivity contribution in [3.05, 3.63) is 53.6 Å². The van der Waals surface area contributed by atoms with Crippen LogP contribution in [0.25, 0.3) is 0 Å². The maximum absolute atomic E-state index is 12.3. The molecule has 0 saturated heterocycles. The molecule has 6 nitrogen and oxygen atoms in total. The Kier molecular flexibility index (Phi) is 6.69. The standard InChI is InChI=1S/C17H17ClN2O4S2/c1-20(2)17(22)25-15-6-4-3-5-14(15)19-16(21)11-26(23,24)13-9-7-12(18)8-10-13/h3-10H,11H2,1-2H3,(H,19,21). The smallest absolute Gasteiger partial charge is 0.286 e. The van der Waals surface area contributed by atoms with Gasteiger partial charge in [0.2, 0.25) is 5.91 Å². The third-order valence-corrected chi connectivity index (χ3v) is 6.22. The van der Waals surface area contributed by atoms with Crippen LogP contribution in [0, 0.1) is 0 Å². The molecule has 2 amide bonds. The second-order valence-corrected chi connectivity index (χ2v) is 8.94. The summed E-state index contributed by atoms with van der Waals surface area (Å²) >= 11 is 6.69. The van der Waals surface area contributed by atoms with Gasteiger partial charge in [-0.3, -0.25) is 9.59 Å². The highest BCUT2D eigenvalue weighted by molar-refractivity contribution is 8.13. The fourth-order valence-corrected chi connectivity index (χ4v) is 3.94. The van der Waals surface area contributed by atoms with Crippen molar-refractivity contribution in [3.8, 4) is 0 Å². The van der Waals surface area contributed by atoms with Crippen molar-refractivity contribution in [1.82, 2.24) is 4.90 Å². The number of carbonyl (C=O) groups is 2. The molecule has 1 N–H and O–H groups in total. The Hall–Kier alpha value is -2.03. The van der Waals surface area contributed by atoms with Gasteiger partial charge in [0.25, 0.3) is 5.24 Å². The molecular formula is C17H17ClN2O4S2. The summed E-state index contributed by atoms with van der Waals surface area (Å²) in [5.41, 5.74) is 0.379. The van der Waals surface area contributed by atoms with Crippen LogP contribution in [-0.2, 0) is 14.6 Å². The Labute approximate surface area is 161 Å². The molecule has 0 unspecified atom stereocenters. The summed E-state index contributed by atoms with van der Waals surface area (Å²) in [6.45, 7) is 0. The van der Waals surface area contributed by atoms with E-state index in [1.165, 1.54) is 29.2 Å². The van der Waals surface area contributed by atoms with E-state index in [4.69, 9.17) is 11.6 Å². The summed E-state index contributed by atoms with van der Waals surface area (Å²) in [5.74, 6) is -1.40. The first kappa shape index (κ1) is 20.3. The molecule has 0 aliphatic carbocycles. The number of hydrogen-bond acceptors (Lipinski definition) is 5. The Morgan fingerprint density at radius 3 is 2.31 bits per heavy atom. The number of amides is 2. The van der Waals surface area contributed by atoms with Crippen LogP contribution < -0.4 is 5.32 Å². The first-order valence-corrected chi connectivity index (χ1v) is 10.3. The highest BCUT2D eigenvalue weighted by atomic mass is 35.5. The van der Waals surface area contributed by atoms with E-state index in [0.717, 1.165) is 11.8 Å². The lowest BCUT2D eigenvalue weighted by atomic mass is 10.3. The molecule has 0 aromatic heterocycles. The summed E-state index contributed by atoms with van der Waals surface area (Å²) in [5, 5.41) is 2.76. The van der Waals surface area contributed by atoms with Gasteiger partial charge >= 0.3 is 0 Å². The first-order chi connectivity index (χ1) is 12.2. The minimum Gasteiger partial charge on any atom is -0.339 e. The highest BCUT2D eigenvalue weighted by Gasteiger charge is 2.20. The van der Waals surface area contributed by atoms with Gasteiger partial charge in [-0.25, -0.2) is 8.42 Å². The lowest BCUT2D eigenvalue weighted by molar-refractivity contribution is -0.113. The number of nitrogens with one attached hydrogen (secondary N) is 1. The van der Waals surface area contributed by atoms with Crippen molar-refractivity contribution < 1.29 is 18.0 Å². The second-order valence-electron chi connectivity index (χ2n) is 5.52. The molecule has 2 rings (SSSR count). The molecular weight excluding hydrogens is 396 g/mol. The van der Waals surface area contributed by atoms with E-state index in [0.29, 0.717) is 15.6 Å². The molecule has 0 spiro atoms. The molecule has 2 aromatic carbocycles. The van der Waals surface area contributed by atoms with Gasteiger partial charge in [-0.2, -0.15) is 0 Å². The molecule has 9 heteroatoms. The van der Waals surface area contributed by atoms with Gasteiger partial charge in [0.05, 0.1) is 10.6 Å². The van der Waals surface area contributed by atoms with Gasteiger partial charge in [0.15, 0.2) is 9.84 Å². The van der Waals surface area contributed by atoms with Crippen LogP contribution in [0.1, 0.15) is 0 Å². The summed E-state index contributed by atoms with van der Waals surface area (Å²) in [4.78, 5) is 26.0. The maximum atomic E-state index is 12.3. The van der Waals surface area contributed by atoms with Crippen LogP contribution >= 0.6 is 23.4 Å². The van der Waals surface area contributed by atoms with E-state index in [1.54, 1.807) is 38.4 Å². The Balaban J connectivity index is 2.13. The number of carbonyl (C=O) groups excluding carboxylic acids is 2. The maximum Gasteiger partial charge on any atom is 0.286 e. The predicted molar refractivity (Wildman–Crippen MR) is 104 cm³/mol. The lowest BCUT2D eigenvalue weighted by Gasteiger charge is -2.13. The number of anilines is 1. The molecule has 2 aromatic rings. The summed E-state index contributed by atoms with van der Waals surface area (Å²) in [6.07, 6.45) is 0. The number of para-hydroxylation sites is 1. The largest absolute Gasteiger partial charge is 0.339 e. The van der Waals surface area contributed by atoms with Gasteiger partial charge in [-0.15, -0.1) is 0 Å². The first-order valence-electron chi connectivity index (χ1n) is 7.45. The zero-order valence-corrected chi connectivity index (χ0v) is 16.5. The molecule has 0 saturated carbocycles. The lowest BCUT2D eigenvalue weighted by Crippen LogP contribution is -2.23. The molecule has 26 heavy (non-hydrogen) atoms. The van der Waals surface area contributed by atoms with Crippen LogP contribution in [0.2, 0.25) is 5.02 Å². The van der Waals surface area contributed by atoms with Crippen LogP contribution in [0.3, 0.4) is 0 Å². The number of benzene rings is 2. The Bertz CT molecular complexity index is 913. The van der Waals surface area contributed by atoms with E-state index in [2.05, 4.69) is 5.32 Å². The van der Waals surface area contributed by atoms with Crippen LogP contribution in [0.15, 0.2) is 58.3 Å². The molecule has 0 aliphatic rings. The topological polar surface area (TPSA) is 83.6 Å². The zero-order valence-electron chi connectivity index (χ0n) is 14.1. The van der Waals surface area contributed by atoms with E-state index in [-0.39, 0.29) is 10.1 Å². The third-order valence-electron chi connectivity index (χ3n) is 3.22. The minimum atomic E-state index is -3.80. The van der Waals surface area contributed by atoms with E-state index < -0.39 is 21.5 Å². The summed E-state index contributed by atoms with van der Waals surface area (Å²) < 4.78 is 24.7. The van der Waals surface area contributed by atoms with Crippen molar-refractivity contribution in [2.24, 2.45) is 0 Å². The number of hydrogen-bond donors (Lipinski definition) is 1. The average molecular weight is 413 g/mol. The van der Waals surface area contributed by atoms with Gasteiger partial charge < -0.3 is 10.2 Å². The normalized spacial score (nSPS) is 11.0. The van der Waals surface area contributed by atoms with E-state index >= 15 is 0 Å². The Morgan fingerprint density at radius 2 is 1.69 bits per heavy atom. The summed E-state index contributed by atoms with van der Waals surface area (Å²) in [7, 11) is -0.558. The van der Waals surface area contributed by atoms with Gasteiger partial charge in [-0.05, 0) is 48.2 Å². The SMILES string of the molecule is CN(C)C(=O)Sc1ccccc1NC(=O)CS(=O)(=O)c1ccc(Cl)cc1. The molecule has 0 heterocycles. The molecule has 0 aliphatic heterocycles. The van der Waals surface area contributed by atoms with Crippen LogP contribution in [0.5, 0.6) is 0 Å². The molecule has 0 bridgehead atoms. The van der Waals surface area contributed by atoms with E-state index in [1.807, 2.05) is 0 Å². The monoisotopic (exact) mass is 412 g/mol. The van der Waals surface area contributed by atoms with Crippen LogP contribution in [0.4, 0.5) is 10.5 Å². The molecule has 0 fully saturated rings. The number of rotatable bonds is 5. The van der Waals surface area contributed by atoms with Crippen molar-refractivity contribution >= 4 is 50.0 Å². The van der Waals surface area contributed by atoms with Crippen molar-refractivity contribution in [2.75, 3.05) is 25.2 Å². The molecule has 0 radical (unpaired) electrons. The second kappa shape index (κ2) is 8.57.